The summed E-state index contributed by atoms with van der Waals surface area (Å²) < 4.78 is 10.6. The van der Waals surface area contributed by atoms with Crippen LogP contribution in [0.4, 0.5) is 5.69 Å². The molecule has 0 saturated heterocycles. The van der Waals surface area contributed by atoms with Gasteiger partial charge >= 0.3 is 0 Å². The lowest BCUT2D eigenvalue weighted by molar-refractivity contribution is -0.385. The van der Waals surface area contributed by atoms with Gasteiger partial charge in [0, 0.05) is 6.07 Å². The zero-order chi connectivity index (χ0) is 10.4. The maximum Gasteiger partial charge on any atom is 0.277 e. The van der Waals surface area contributed by atoms with E-state index in [1.165, 1.54) is 12.3 Å². The SMILES string of the molecule is O=[N+]([O-])c1cccc2c1C1C=COC1O2. The minimum atomic E-state index is -0.430. The zero-order valence-electron chi connectivity index (χ0n) is 7.62. The Bertz CT molecular complexity index is 468. The van der Waals surface area contributed by atoms with Gasteiger partial charge in [-0.25, -0.2) is 0 Å². The van der Waals surface area contributed by atoms with E-state index in [1.807, 2.05) is 0 Å². The summed E-state index contributed by atoms with van der Waals surface area (Å²) in [5.74, 6) is 0.394. The van der Waals surface area contributed by atoms with Crippen molar-refractivity contribution in [3.8, 4) is 5.75 Å². The number of hydrogen-bond acceptors (Lipinski definition) is 4. The Labute approximate surface area is 85.1 Å². The van der Waals surface area contributed by atoms with E-state index in [0.29, 0.717) is 11.3 Å². The van der Waals surface area contributed by atoms with Gasteiger partial charge in [0.25, 0.3) is 12.0 Å². The first-order valence-corrected chi connectivity index (χ1v) is 4.53. The van der Waals surface area contributed by atoms with E-state index in [0.717, 1.165) is 0 Å². The monoisotopic (exact) mass is 205 g/mol. The summed E-state index contributed by atoms with van der Waals surface area (Å²) in [6.07, 6.45) is 2.87. The minimum Gasteiger partial charge on any atom is -0.462 e. The number of nitrogens with zero attached hydrogens (tertiary/aromatic N) is 1. The van der Waals surface area contributed by atoms with Crippen LogP contribution in [0, 0.1) is 10.1 Å². The van der Waals surface area contributed by atoms with Gasteiger partial charge in [-0.15, -0.1) is 0 Å². The van der Waals surface area contributed by atoms with Crippen molar-refractivity contribution in [2.45, 2.75) is 12.2 Å². The molecule has 76 valence electrons. The van der Waals surface area contributed by atoms with Crippen LogP contribution in [0.25, 0.3) is 0 Å². The van der Waals surface area contributed by atoms with Crippen molar-refractivity contribution in [2.75, 3.05) is 0 Å². The van der Waals surface area contributed by atoms with Crippen LogP contribution >= 0.6 is 0 Å². The predicted molar refractivity (Wildman–Crippen MR) is 50.5 cm³/mol. The van der Waals surface area contributed by atoms with E-state index in [-0.39, 0.29) is 11.6 Å². The molecular formula is C10H7NO4. The highest BCUT2D eigenvalue weighted by molar-refractivity contribution is 5.56. The van der Waals surface area contributed by atoms with E-state index in [2.05, 4.69) is 0 Å². The van der Waals surface area contributed by atoms with Crippen molar-refractivity contribution in [2.24, 2.45) is 0 Å². The van der Waals surface area contributed by atoms with Crippen molar-refractivity contribution in [1.82, 2.24) is 0 Å². The second kappa shape index (κ2) is 2.73. The Morgan fingerprint density at radius 1 is 1.40 bits per heavy atom. The summed E-state index contributed by atoms with van der Waals surface area (Å²) in [5, 5.41) is 10.8. The molecule has 5 heteroatoms. The third kappa shape index (κ3) is 1.03. The highest BCUT2D eigenvalue weighted by Crippen LogP contribution is 2.46. The van der Waals surface area contributed by atoms with E-state index < -0.39 is 11.2 Å². The van der Waals surface area contributed by atoms with Crippen molar-refractivity contribution < 1.29 is 14.4 Å². The smallest absolute Gasteiger partial charge is 0.277 e. The lowest BCUT2D eigenvalue weighted by Crippen LogP contribution is -2.14. The number of rotatable bonds is 1. The largest absolute Gasteiger partial charge is 0.462 e. The van der Waals surface area contributed by atoms with Gasteiger partial charge < -0.3 is 9.47 Å². The average molecular weight is 205 g/mol. The van der Waals surface area contributed by atoms with Gasteiger partial charge in [0.2, 0.25) is 0 Å². The Morgan fingerprint density at radius 3 is 3.07 bits per heavy atom. The molecule has 1 aromatic rings. The number of fused-ring (bicyclic) bond motifs is 3. The number of benzene rings is 1. The fourth-order valence-corrected chi connectivity index (χ4v) is 1.97. The van der Waals surface area contributed by atoms with Crippen LogP contribution in [0.15, 0.2) is 30.5 Å². The summed E-state index contributed by atoms with van der Waals surface area (Å²) in [5.41, 5.74) is 0.705. The quantitative estimate of drug-likeness (QED) is 0.519. The molecule has 1 aromatic carbocycles. The molecule has 5 nitrogen and oxygen atoms in total. The molecular weight excluding hydrogens is 198 g/mol. The molecule has 2 heterocycles. The predicted octanol–water partition coefficient (Wildman–Crippen LogP) is 1.94. The summed E-state index contributed by atoms with van der Waals surface area (Å²) in [7, 11) is 0. The van der Waals surface area contributed by atoms with Gasteiger partial charge in [0.15, 0.2) is 0 Å². The van der Waals surface area contributed by atoms with E-state index in [9.17, 15) is 10.1 Å². The van der Waals surface area contributed by atoms with Crippen LogP contribution in [-0.4, -0.2) is 11.2 Å². The normalized spacial score (nSPS) is 25.3. The average Bonchev–Trinajstić information content (AvgIpc) is 2.75. The van der Waals surface area contributed by atoms with Crippen molar-refractivity contribution in [3.05, 3.63) is 46.2 Å². The van der Waals surface area contributed by atoms with Gasteiger partial charge in [0.1, 0.15) is 5.75 Å². The minimum absolute atomic E-state index is 0.0927. The Balaban J connectivity index is 2.19. The summed E-state index contributed by atoms with van der Waals surface area (Å²) in [6.45, 7) is 0. The molecule has 3 rings (SSSR count). The van der Waals surface area contributed by atoms with Crippen molar-refractivity contribution in [1.29, 1.82) is 0 Å². The molecule has 0 saturated carbocycles. The van der Waals surface area contributed by atoms with Gasteiger partial charge in [-0.05, 0) is 12.1 Å². The first-order valence-electron chi connectivity index (χ1n) is 4.53. The molecule has 0 aliphatic carbocycles. The highest BCUT2D eigenvalue weighted by Gasteiger charge is 2.41. The third-order valence-electron chi connectivity index (χ3n) is 2.61. The van der Waals surface area contributed by atoms with E-state index >= 15 is 0 Å². The van der Waals surface area contributed by atoms with Crippen LogP contribution in [0.1, 0.15) is 11.5 Å². The number of hydrogen-bond donors (Lipinski definition) is 0. The number of nitro benzene ring substituents is 1. The van der Waals surface area contributed by atoms with Crippen LogP contribution in [0.3, 0.4) is 0 Å². The molecule has 0 spiro atoms. The summed E-state index contributed by atoms with van der Waals surface area (Å²) in [4.78, 5) is 10.4. The first kappa shape index (κ1) is 8.28. The molecule has 0 amide bonds. The third-order valence-corrected chi connectivity index (χ3v) is 2.61. The second-order valence-corrected chi connectivity index (χ2v) is 3.42. The van der Waals surface area contributed by atoms with Crippen molar-refractivity contribution in [3.63, 3.8) is 0 Å². The van der Waals surface area contributed by atoms with E-state index in [1.54, 1.807) is 18.2 Å². The molecule has 0 fully saturated rings. The van der Waals surface area contributed by atoms with Crippen LogP contribution in [0.5, 0.6) is 5.75 Å². The fourth-order valence-electron chi connectivity index (χ4n) is 1.97. The molecule has 15 heavy (non-hydrogen) atoms. The molecule has 0 aromatic heterocycles. The molecule has 2 aliphatic heterocycles. The van der Waals surface area contributed by atoms with Crippen LogP contribution in [-0.2, 0) is 4.74 Å². The lowest BCUT2D eigenvalue weighted by atomic mass is 9.99. The maximum atomic E-state index is 10.8. The van der Waals surface area contributed by atoms with Gasteiger partial charge in [-0.3, -0.25) is 10.1 Å². The molecule has 0 bridgehead atoms. The number of ether oxygens (including phenoxy) is 2. The standard InChI is InChI=1S/C10H7NO4/c12-11(13)7-2-1-3-8-9(7)6-4-5-14-10(6)15-8/h1-6,10H. The first-order chi connectivity index (χ1) is 7.27. The zero-order valence-corrected chi connectivity index (χ0v) is 7.62. The van der Waals surface area contributed by atoms with Crippen molar-refractivity contribution >= 4 is 5.69 Å². The molecule has 2 atom stereocenters. The lowest BCUT2D eigenvalue weighted by Gasteiger charge is -2.07. The second-order valence-electron chi connectivity index (χ2n) is 3.42. The molecule has 0 N–H and O–H groups in total. The van der Waals surface area contributed by atoms with Gasteiger partial charge in [0.05, 0.1) is 22.7 Å². The maximum absolute atomic E-state index is 10.8. The Morgan fingerprint density at radius 2 is 2.27 bits per heavy atom. The molecule has 2 unspecified atom stereocenters. The van der Waals surface area contributed by atoms with Crippen LogP contribution < -0.4 is 4.74 Å². The Kier molecular flexibility index (Phi) is 1.50. The van der Waals surface area contributed by atoms with Gasteiger partial charge in [-0.1, -0.05) is 6.07 Å². The summed E-state index contributed by atoms with van der Waals surface area (Å²) in [6, 6.07) is 4.82. The fraction of sp³-hybridized carbons (Fsp3) is 0.200. The summed E-state index contributed by atoms with van der Waals surface area (Å²) >= 11 is 0. The topological polar surface area (TPSA) is 61.6 Å². The van der Waals surface area contributed by atoms with Crippen LogP contribution in [0.2, 0.25) is 0 Å². The highest BCUT2D eigenvalue weighted by atomic mass is 16.7. The molecule has 0 radical (unpaired) electrons. The molecule has 2 aliphatic rings. The number of nitro groups is 1. The van der Waals surface area contributed by atoms with E-state index in [4.69, 9.17) is 9.47 Å². The Hall–Kier alpha value is -2.04. The van der Waals surface area contributed by atoms with Gasteiger partial charge in [-0.2, -0.15) is 0 Å².